The molecule has 0 radical (unpaired) electrons. The van der Waals surface area contributed by atoms with E-state index >= 15 is 0 Å². The third-order valence-electron chi connectivity index (χ3n) is 6.27. The van der Waals surface area contributed by atoms with Gasteiger partial charge < -0.3 is 42.6 Å². The van der Waals surface area contributed by atoms with E-state index in [1.54, 1.807) is 20.0 Å². The lowest BCUT2D eigenvalue weighted by atomic mass is 10.0. The Bertz CT molecular complexity index is 1160. The van der Waals surface area contributed by atoms with E-state index in [2.05, 4.69) is 20.9 Å². The molecule has 4 unspecified atom stereocenters. The predicted octanol–water partition coefficient (Wildman–Crippen LogP) is -0.164. The maximum Gasteiger partial charge on any atom is 0.326 e. The topological polar surface area (TPSA) is 230 Å². The van der Waals surface area contributed by atoms with Crippen LogP contribution in [0, 0.1) is 5.92 Å². The molecule has 0 spiro atoms. The van der Waals surface area contributed by atoms with Gasteiger partial charge >= 0.3 is 11.9 Å². The van der Waals surface area contributed by atoms with Crippen molar-refractivity contribution >= 4 is 40.6 Å². The zero-order valence-electron chi connectivity index (χ0n) is 22.1. The number of carboxylic acids is 2. The largest absolute Gasteiger partial charge is 0.481 e. The molecule has 0 aliphatic rings. The number of amides is 3. The highest BCUT2D eigenvalue weighted by Crippen LogP contribution is 2.19. The van der Waals surface area contributed by atoms with E-state index in [0.717, 1.165) is 16.5 Å². The van der Waals surface area contributed by atoms with Crippen LogP contribution in [0.5, 0.6) is 0 Å². The minimum atomic E-state index is -1.67. The van der Waals surface area contributed by atoms with Gasteiger partial charge in [0.2, 0.25) is 17.7 Å². The van der Waals surface area contributed by atoms with Crippen LogP contribution in [0.15, 0.2) is 30.5 Å². The Kier molecular flexibility index (Phi) is 11.9. The van der Waals surface area contributed by atoms with Crippen molar-refractivity contribution in [1.29, 1.82) is 0 Å². The summed E-state index contributed by atoms with van der Waals surface area (Å²) in [4.78, 5) is 64.5. The third kappa shape index (κ3) is 9.37. The summed E-state index contributed by atoms with van der Waals surface area (Å²) in [7, 11) is 0. The molecule has 10 N–H and O–H groups in total. The number of aromatic amines is 1. The number of aliphatic carboxylic acids is 2. The molecule has 0 saturated carbocycles. The maximum absolute atomic E-state index is 13.2. The molecule has 0 fully saturated rings. The minimum Gasteiger partial charge on any atom is -0.481 e. The number of para-hydroxylation sites is 1. The molecule has 13 heteroatoms. The number of H-pyrrole nitrogens is 1. The SMILES string of the molecule is CC(C)C(NC(=O)C(CCCCN)NC(=O)C(N)Cc1c[nH]c2ccccc12)C(=O)NC(CC(=O)O)C(=O)O. The van der Waals surface area contributed by atoms with Crippen molar-refractivity contribution in [3.8, 4) is 0 Å². The fourth-order valence-corrected chi connectivity index (χ4v) is 4.10. The number of aromatic nitrogens is 1. The number of nitrogens with two attached hydrogens (primary N) is 2. The second kappa shape index (κ2) is 14.8. The van der Waals surface area contributed by atoms with Crippen LogP contribution in [0.25, 0.3) is 10.9 Å². The van der Waals surface area contributed by atoms with Crippen LogP contribution in [0.2, 0.25) is 0 Å². The van der Waals surface area contributed by atoms with Gasteiger partial charge in [0.25, 0.3) is 0 Å². The Morgan fingerprint density at radius 1 is 0.923 bits per heavy atom. The van der Waals surface area contributed by atoms with E-state index in [1.165, 1.54) is 0 Å². The Morgan fingerprint density at radius 3 is 2.21 bits per heavy atom. The maximum atomic E-state index is 13.2. The van der Waals surface area contributed by atoms with Gasteiger partial charge in [-0.1, -0.05) is 32.0 Å². The molecule has 3 amide bonds. The molecule has 2 rings (SSSR count). The average Bonchev–Trinajstić information content (AvgIpc) is 3.28. The number of carboxylic acid groups (broad SMARTS) is 2. The highest BCUT2D eigenvalue weighted by Gasteiger charge is 2.32. The molecular weight excluding hydrogens is 508 g/mol. The zero-order chi connectivity index (χ0) is 29.1. The molecule has 0 aliphatic heterocycles. The summed E-state index contributed by atoms with van der Waals surface area (Å²) in [6.45, 7) is 3.66. The van der Waals surface area contributed by atoms with Gasteiger partial charge in [0, 0.05) is 17.1 Å². The molecule has 1 aromatic carbocycles. The number of carbonyl (C=O) groups is 5. The Morgan fingerprint density at radius 2 is 1.59 bits per heavy atom. The first-order valence-corrected chi connectivity index (χ1v) is 12.8. The molecule has 4 atom stereocenters. The number of fused-ring (bicyclic) bond motifs is 1. The third-order valence-corrected chi connectivity index (χ3v) is 6.27. The second-order valence-electron chi connectivity index (χ2n) is 9.74. The Balaban J connectivity index is 2.12. The van der Waals surface area contributed by atoms with Gasteiger partial charge in [-0.2, -0.15) is 0 Å². The summed E-state index contributed by atoms with van der Waals surface area (Å²) >= 11 is 0. The highest BCUT2D eigenvalue weighted by molar-refractivity contribution is 5.95. The summed E-state index contributed by atoms with van der Waals surface area (Å²) in [5, 5.41) is 26.5. The van der Waals surface area contributed by atoms with Gasteiger partial charge in [-0.3, -0.25) is 19.2 Å². The van der Waals surface area contributed by atoms with Crippen molar-refractivity contribution in [3.63, 3.8) is 0 Å². The standard InChI is InChI=1S/C26H38N6O7/c1-14(2)22(25(37)31-20(26(38)39)12-21(33)34)32-24(36)19(9-5-6-10-27)30-23(35)17(28)11-15-13-29-18-8-4-3-7-16(15)18/h3-4,7-8,13-14,17,19-20,22,29H,5-6,9-12,27-28H2,1-2H3,(H,30,35)(H,31,37)(H,32,36)(H,33,34)(H,38,39). The van der Waals surface area contributed by atoms with Crippen LogP contribution in [0.3, 0.4) is 0 Å². The van der Waals surface area contributed by atoms with E-state index < -0.39 is 66.2 Å². The highest BCUT2D eigenvalue weighted by atomic mass is 16.4. The smallest absolute Gasteiger partial charge is 0.326 e. The number of unbranched alkanes of at least 4 members (excludes halogenated alkanes) is 1. The van der Waals surface area contributed by atoms with Gasteiger partial charge in [0.15, 0.2) is 0 Å². The quantitative estimate of drug-likeness (QED) is 0.131. The first-order valence-electron chi connectivity index (χ1n) is 12.8. The Labute approximate surface area is 226 Å². The summed E-state index contributed by atoms with van der Waals surface area (Å²) in [6, 6.07) is 2.76. The lowest BCUT2D eigenvalue weighted by molar-refractivity contribution is -0.147. The lowest BCUT2D eigenvalue weighted by Gasteiger charge is -2.27. The van der Waals surface area contributed by atoms with Crippen molar-refractivity contribution in [1.82, 2.24) is 20.9 Å². The van der Waals surface area contributed by atoms with Gasteiger partial charge in [-0.05, 0) is 49.8 Å². The average molecular weight is 547 g/mol. The number of carbonyl (C=O) groups excluding carboxylic acids is 3. The van der Waals surface area contributed by atoms with Crippen LogP contribution in [0.1, 0.15) is 45.1 Å². The van der Waals surface area contributed by atoms with Gasteiger partial charge in [0.1, 0.15) is 18.1 Å². The first kappa shape index (κ1) is 31.2. The fraction of sp³-hybridized carbons (Fsp3) is 0.500. The lowest BCUT2D eigenvalue weighted by Crippen LogP contribution is -2.58. The number of nitrogens with one attached hydrogen (secondary N) is 4. The number of hydrogen-bond acceptors (Lipinski definition) is 7. The minimum absolute atomic E-state index is 0.226. The van der Waals surface area contributed by atoms with Gasteiger partial charge in [-0.25, -0.2) is 4.79 Å². The fourth-order valence-electron chi connectivity index (χ4n) is 4.10. The zero-order valence-corrected chi connectivity index (χ0v) is 22.1. The number of hydrogen-bond donors (Lipinski definition) is 8. The molecule has 1 heterocycles. The molecule has 39 heavy (non-hydrogen) atoms. The number of benzene rings is 1. The molecule has 0 saturated heterocycles. The van der Waals surface area contributed by atoms with Gasteiger partial charge in [0.05, 0.1) is 12.5 Å². The van der Waals surface area contributed by atoms with Crippen molar-refractivity contribution in [2.45, 2.75) is 70.1 Å². The van der Waals surface area contributed by atoms with Crippen molar-refractivity contribution in [2.75, 3.05) is 6.54 Å². The molecule has 0 aliphatic carbocycles. The van der Waals surface area contributed by atoms with E-state index in [9.17, 15) is 29.1 Å². The summed E-state index contributed by atoms with van der Waals surface area (Å²) in [6.07, 6.45) is 2.53. The van der Waals surface area contributed by atoms with E-state index in [0.29, 0.717) is 19.4 Å². The summed E-state index contributed by atoms with van der Waals surface area (Å²) in [5.41, 5.74) is 13.5. The van der Waals surface area contributed by atoms with Crippen LogP contribution < -0.4 is 27.4 Å². The number of rotatable bonds is 16. The van der Waals surface area contributed by atoms with E-state index in [1.807, 2.05) is 24.3 Å². The monoisotopic (exact) mass is 546 g/mol. The van der Waals surface area contributed by atoms with Crippen molar-refractivity contribution in [2.24, 2.45) is 17.4 Å². The van der Waals surface area contributed by atoms with Crippen LogP contribution in [-0.2, 0) is 30.4 Å². The van der Waals surface area contributed by atoms with Crippen LogP contribution >= 0.6 is 0 Å². The van der Waals surface area contributed by atoms with Crippen molar-refractivity contribution in [3.05, 3.63) is 36.0 Å². The summed E-state index contributed by atoms with van der Waals surface area (Å²) in [5.74, 6) is -5.45. The van der Waals surface area contributed by atoms with E-state index in [-0.39, 0.29) is 12.8 Å². The molecule has 2 aromatic rings. The molecule has 0 bridgehead atoms. The molecule has 13 nitrogen and oxygen atoms in total. The second-order valence-corrected chi connectivity index (χ2v) is 9.74. The van der Waals surface area contributed by atoms with Gasteiger partial charge in [-0.15, -0.1) is 0 Å². The van der Waals surface area contributed by atoms with E-state index in [4.69, 9.17) is 16.6 Å². The predicted molar refractivity (Wildman–Crippen MR) is 143 cm³/mol. The van der Waals surface area contributed by atoms with Crippen molar-refractivity contribution < 1.29 is 34.2 Å². The first-order chi connectivity index (χ1) is 18.4. The molecule has 1 aromatic heterocycles. The molecule has 214 valence electrons. The van der Waals surface area contributed by atoms with Crippen LogP contribution in [-0.4, -0.2) is 75.6 Å². The van der Waals surface area contributed by atoms with Crippen LogP contribution in [0.4, 0.5) is 0 Å². The Hall–Kier alpha value is -3.97. The summed E-state index contributed by atoms with van der Waals surface area (Å²) < 4.78 is 0. The molecular formula is C26H38N6O7. The normalized spacial score (nSPS) is 14.3.